The minimum absolute atomic E-state index is 0.102. The number of hydrogen-bond donors (Lipinski definition) is 1. The van der Waals surface area contributed by atoms with Gasteiger partial charge in [-0.25, -0.2) is 0 Å². The van der Waals surface area contributed by atoms with Gasteiger partial charge in [-0.1, -0.05) is 29.3 Å². The van der Waals surface area contributed by atoms with Crippen molar-refractivity contribution in [1.29, 1.82) is 0 Å². The summed E-state index contributed by atoms with van der Waals surface area (Å²) in [5.41, 5.74) is 0.985. The monoisotopic (exact) mass is 301 g/mol. The van der Waals surface area contributed by atoms with Crippen molar-refractivity contribution in [2.75, 3.05) is 13.1 Å². The molecule has 1 amide bonds. The van der Waals surface area contributed by atoms with Gasteiger partial charge in [0.2, 0.25) is 5.91 Å². The van der Waals surface area contributed by atoms with E-state index in [-0.39, 0.29) is 17.7 Å². The van der Waals surface area contributed by atoms with Crippen LogP contribution >= 0.6 is 35.8 Å². The molecule has 18 heavy (non-hydrogen) atoms. The lowest BCUT2D eigenvalue weighted by atomic mass is 10.1. The van der Waals surface area contributed by atoms with Crippen molar-refractivity contribution in [3.8, 4) is 0 Å². The van der Waals surface area contributed by atoms with Gasteiger partial charge in [-0.2, -0.15) is 0 Å². The van der Waals surface area contributed by atoms with Gasteiger partial charge in [-0.3, -0.25) is 4.79 Å². The van der Waals surface area contributed by atoms with Gasteiger partial charge in [0.1, 0.15) is 0 Å². The Hall–Kier alpha value is -0.380. The fourth-order valence-electron chi connectivity index (χ4n) is 2.42. The summed E-state index contributed by atoms with van der Waals surface area (Å²) in [5, 5.41) is 1.03. The second-order valence-electron chi connectivity index (χ2n) is 4.93. The molecule has 1 saturated heterocycles. The van der Waals surface area contributed by atoms with Crippen LogP contribution in [0.15, 0.2) is 17.0 Å². The third kappa shape index (κ3) is 2.02. The van der Waals surface area contributed by atoms with Crippen molar-refractivity contribution in [3.05, 3.63) is 27.7 Å². The lowest BCUT2D eigenvalue weighted by molar-refractivity contribution is -0.136. The second kappa shape index (κ2) is 4.62. The lowest BCUT2D eigenvalue weighted by Crippen LogP contribution is -2.43. The molecule has 5 heteroatoms. The van der Waals surface area contributed by atoms with Crippen LogP contribution in [-0.2, 0) is 4.79 Å². The highest BCUT2D eigenvalue weighted by Crippen LogP contribution is 2.52. The molecule has 3 rings (SSSR count). The van der Waals surface area contributed by atoms with E-state index < -0.39 is 0 Å². The number of amides is 1. The van der Waals surface area contributed by atoms with E-state index in [2.05, 4.69) is 12.6 Å². The maximum Gasteiger partial charge on any atom is 0.226 e. The number of likely N-dealkylation sites (tertiary alicyclic amines) is 1. The van der Waals surface area contributed by atoms with Crippen LogP contribution in [0.2, 0.25) is 10.0 Å². The number of thiol groups is 1. The number of carbonyl (C=O) groups excluding carboxylic acids is 1. The third-order valence-corrected chi connectivity index (χ3v) is 5.17. The summed E-state index contributed by atoms with van der Waals surface area (Å²) in [5.74, 6) is 0.607. The first-order valence-corrected chi connectivity index (χ1v) is 7.25. The first-order valence-electron chi connectivity index (χ1n) is 6.05. The smallest absolute Gasteiger partial charge is 0.226 e. The Balaban J connectivity index is 1.78. The van der Waals surface area contributed by atoms with E-state index in [1.807, 2.05) is 17.0 Å². The maximum atomic E-state index is 12.1. The van der Waals surface area contributed by atoms with Crippen molar-refractivity contribution in [1.82, 2.24) is 4.90 Å². The maximum absolute atomic E-state index is 12.1. The summed E-state index contributed by atoms with van der Waals surface area (Å²) in [4.78, 5) is 14.7. The van der Waals surface area contributed by atoms with E-state index in [0.29, 0.717) is 14.9 Å². The minimum Gasteiger partial charge on any atom is -0.342 e. The highest BCUT2D eigenvalue weighted by molar-refractivity contribution is 7.80. The number of rotatable bonds is 2. The number of halogens is 2. The molecule has 0 spiro atoms. The zero-order valence-corrected chi connectivity index (χ0v) is 12.1. The van der Waals surface area contributed by atoms with Crippen LogP contribution in [-0.4, -0.2) is 23.9 Å². The largest absolute Gasteiger partial charge is 0.342 e. The van der Waals surface area contributed by atoms with Crippen LogP contribution in [0.25, 0.3) is 0 Å². The molecule has 0 bridgehead atoms. The number of nitrogens with zero attached hydrogens (tertiary/aromatic N) is 1. The average molecular weight is 302 g/mol. The molecule has 2 nitrogen and oxygen atoms in total. The van der Waals surface area contributed by atoms with Crippen LogP contribution in [0.5, 0.6) is 0 Å². The molecule has 1 aliphatic carbocycles. The SMILES string of the molecule is O=C(C1CC1c1ccc(S)c(Cl)c1Cl)N1CCC1. The zero-order valence-electron chi connectivity index (χ0n) is 9.70. The Kier molecular flexibility index (Phi) is 3.25. The van der Waals surface area contributed by atoms with Gasteiger partial charge in [0.05, 0.1) is 10.0 Å². The number of benzene rings is 1. The summed E-state index contributed by atoms with van der Waals surface area (Å²) in [6.07, 6.45) is 2.02. The van der Waals surface area contributed by atoms with E-state index in [0.717, 1.165) is 31.5 Å². The predicted octanol–water partition coefficient (Wildman–Crippen LogP) is 3.62. The van der Waals surface area contributed by atoms with Crippen LogP contribution in [0, 0.1) is 5.92 Å². The molecular weight excluding hydrogens is 289 g/mol. The van der Waals surface area contributed by atoms with Crippen molar-refractivity contribution in [3.63, 3.8) is 0 Å². The molecule has 1 saturated carbocycles. The van der Waals surface area contributed by atoms with Gasteiger partial charge in [0.25, 0.3) is 0 Å². The molecule has 2 fully saturated rings. The first-order chi connectivity index (χ1) is 8.59. The van der Waals surface area contributed by atoms with Gasteiger partial charge in [0, 0.05) is 23.9 Å². The number of hydrogen-bond acceptors (Lipinski definition) is 2. The predicted molar refractivity (Wildman–Crippen MR) is 75.8 cm³/mol. The molecule has 96 valence electrons. The Morgan fingerprint density at radius 3 is 2.61 bits per heavy atom. The van der Waals surface area contributed by atoms with Gasteiger partial charge in [-0.15, -0.1) is 12.6 Å². The molecule has 1 aromatic carbocycles. The average Bonchev–Trinajstić information content (AvgIpc) is 3.03. The summed E-state index contributed by atoms with van der Waals surface area (Å²) < 4.78 is 0. The van der Waals surface area contributed by atoms with Gasteiger partial charge in [0.15, 0.2) is 0 Å². The fourth-order valence-corrected chi connectivity index (χ4v) is 3.15. The minimum atomic E-state index is 0.102. The fraction of sp³-hybridized carbons (Fsp3) is 0.462. The van der Waals surface area contributed by atoms with Crippen LogP contribution in [0.1, 0.15) is 24.3 Å². The Morgan fingerprint density at radius 2 is 2.00 bits per heavy atom. The zero-order chi connectivity index (χ0) is 12.9. The van der Waals surface area contributed by atoms with E-state index >= 15 is 0 Å². The molecule has 2 atom stereocenters. The van der Waals surface area contributed by atoms with E-state index in [1.165, 1.54) is 0 Å². The standard InChI is InChI=1S/C13H13Cl2NOS/c14-11-7(2-3-10(18)12(11)15)8-6-9(8)13(17)16-4-1-5-16/h2-3,8-9,18H,1,4-6H2. The topological polar surface area (TPSA) is 20.3 Å². The van der Waals surface area contributed by atoms with Gasteiger partial charge < -0.3 is 4.90 Å². The molecule has 0 aromatic heterocycles. The molecule has 0 radical (unpaired) electrons. The second-order valence-corrected chi connectivity index (χ2v) is 6.17. The highest BCUT2D eigenvalue weighted by Gasteiger charge is 2.47. The molecule has 2 unspecified atom stereocenters. The van der Waals surface area contributed by atoms with Crippen molar-refractivity contribution in [2.45, 2.75) is 23.7 Å². The summed E-state index contributed by atoms with van der Waals surface area (Å²) in [6.45, 7) is 1.82. The van der Waals surface area contributed by atoms with Crippen molar-refractivity contribution < 1.29 is 4.79 Å². The first kappa shape index (κ1) is 12.6. The van der Waals surface area contributed by atoms with E-state index in [1.54, 1.807) is 0 Å². The van der Waals surface area contributed by atoms with Crippen LogP contribution in [0.4, 0.5) is 0 Å². The lowest BCUT2D eigenvalue weighted by Gasteiger charge is -2.31. The highest BCUT2D eigenvalue weighted by atomic mass is 35.5. The number of carbonyl (C=O) groups is 1. The molecule has 1 aliphatic heterocycles. The van der Waals surface area contributed by atoms with Gasteiger partial charge in [-0.05, 0) is 30.4 Å². The normalized spacial score (nSPS) is 25.8. The third-order valence-electron chi connectivity index (χ3n) is 3.77. The van der Waals surface area contributed by atoms with E-state index in [9.17, 15) is 4.79 Å². The molecule has 1 aromatic rings. The summed E-state index contributed by atoms with van der Waals surface area (Å²) in [6, 6.07) is 3.78. The van der Waals surface area contributed by atoms with Crippen molar-refractivity contribution in [2.24, 2.45) is 5.92 Å². The quantitative estimate of drug-likeness (QED) is 0.827. The Bertz CT molecular complexity index is 516. The van der Waals surface area contributed by atoms with Crippen LogP contribution in [0.3, 0.4) is 0 Å². The molecule has 0 N–H and O–H groups in total. The Labute approximate surface area is 122 Å². The molecule has 2 aliphatic rings. The molecule has 1 heterocycles. The van der Waals surface area contributed by atoms with Crippen LogP contribution < -0.4 is 0 Å². The van der Waals surface area contributed by atoms with E-state index in [4.69, 9.17) is 23.2 Å². The summed E-state index contributed by atoms with van der Waals surface area (Å²) >= 11 is 16.5. The Morgan fingerprint density at radius 1 is 1.28 bits per heavy atom. The summed E-state index contributed by atoms with van der Waals surface area (Å²) in [7, 11) is 0. The molecular formula is C13H13Cl2NOS. The van der Waals surface area contributed by atoms with Crippen molar-refractivity contribution >= 4 is 41.7 Å². The van der Waals surface area contributed by atoms with Gasteiger partial charge >= 0.3 is 0 Å².